The Morgan fingerprint density at radius 2 is 2.19 bits per heavy atom. The van der Waals surface area contributed by atoms with Crippen molar-refractivity contribution in [2.75, 3.05) is 26.2 Å². The molecule has 0 atom stereocenters. The normalized spacial score (nSPS) is 16.8. The second-order valence-corrected chi connectivity index (χ2v) is 4.47. The summed E-state index contributed by atoms with van der Waals surface area (Å²) in [4.78, 5) is 6.82. The Kier molecular flexibility index (Phi) is 4.31. The van der Waals surface area contributed by atoms with Crippen molar-refractivity contribution in [2.45, 2.75) is 26.3 Å². The highest BCUT2D eigenvalue weighted by Gasteiger charge is 2.09. The van der Waals surface area contributed by atoms with Gasteiger partial charge in [-0.1, -0.05) is 6.07 Å². The number of nitrogens with one attached hydrogen (secondary N) is 1. The first kappa shape index (κ1) is 11.6. The van der Waals surface area contributed by atoms with Crippen LogP contribution in [-0.2, 0) is 6.54 Å². The number of nitrogens with zero attached hydrogens (tertiary/aromatic N) is 2. The Labute approximate surface area is 97.9 Å². The fourth-order valence-corrected chi connectivity index (χ4v) is 2.17. The van der Waals surface area contributed by atoms with E-state index in [0.717, 1.165) is 18.8 Å². The van der Waals surface area contributed by atoms with Gasteiger partial charge in [0.15, 0.2) is 0 Å². The molecule has 1 aliphatic heterocycles. The number of hydrogen-bond acceptors (Lipinski definition) is 3. The van der Waals surface area contributed by atoms with Crippen LogP contribution < -0.4 is 5.32 Å². The van der Waals surface area contributed by atoms with Gasteiger partial charge in [0.05, 0.1) is 0 Å². The van der Waals surface area contributed by atoms with Crippen LogP contribution in [-0.4, -0.2) is 36.1 Å². The van der Waals surface area contributed by atoms with Gasteiger partial charge in [0.1, 0.15) is 0 Å². The van der Waals surface area contributed by atoms with Crippen molar-refractivity contribution >= 4 is 0 Å². The maximum atomic E-state index is 4.28. The molecule has 0 spiro atoms. The predicted octanol–water partition coefficient (Wildman–Crippen LogP) is 1.58. The molecule has 0 unspecified atom stereocenters. The van der Waals surface area contributed by atoms with Crippen LogP contribution in [0.25, 0.3) is 0 Å². The molecule has 0 bridgehead atoms. The quantitative estimate of drug-likeness (QED) is 0.762. The van der Waals surface area contributed by atoms with E-state index in [9.17, 15) is 0 Å². The number of pyridine rings is 1. The number of aryl methyl sites for hydroxylation is 1. The van der Waals surface area contributed by atoms with Gasteiger partial charge >= 0.3 is 0 Å². The highest BCUT2D eigenvalue weighted by Crippen LogP contribution is 2.06. The van der Waals surface area contributed by atoms with Crippen molar-refractivity contribution in [1.29, 1.82) is 0 Å². The number of hydrogen-bond donors (Lipinski definition) is 1. The van der Waals surface area contributed by atoms with Gasteiger partial charge in [0.2, 0.25) is 0 Å². The van der Waals surface area contributed by atoms with Crippen LogP contribution in [0.5, 0.6) is 0 Å². The fourth-order valence-electron chi connectivity index (χ4n) is 2.17. The van der Waals surface area contributed by atoms with Crippen LogP contribution >= 0.6 is 0 Å². The number of aromatic nitrogens is 1. The number of rotatable bonds is 5. The maximum Gasteiger partial charge on any atom is 0.0417 e. The lowest BCUT2D eigenvalue weighted by Gasteiger charge is -2.14. The summed E-state index contributed by atoms with van der Waals surface area (Å²) >= 11 is 0. The molecule has 2 heterocycles. The van der Waals surface area contributed by atoms with Crippen LogP contribution in [0.1, 0.15) is 24.1 Å². The molecule has 3 heteroatoms. The lowest BCUT2D eigenvalue weighted by molar-refractivity contribution is 0.335. The average molecular weight is 219 g/mol. The minimum Gasteiger partial charge on any atom is -0.311 e. The molecule has 16 heavy (non-hydrogen) atoms. The highest BCUT2D eigenvalue weighted by atomic mass is 15.1. The first-order chi connectivity index (χ1) is 7.86. The summed E-state index contributed by atoms with van der Waals surface area (Å²) in [6.45, 7) is 7.83. The molecule has 0 aliphatic carbocycles. The van der Waals surface area contributed by atoms with Crippen molar-refractivity contribution in [3.63, 3.8) is 0 Å². The van der Waals surface area contributed by atoms with E-state index in [4.69, 9.17) is 0 Å². The second kappa shape index (κ2) is 5.97. The van der Waals surface area contributed by atoms with E-state index in [0.29, 0.717) is 0 Å². The van der Waals surface area contributed by atoms with Gasteiger partial charge in [0.25, 0.3) is 0 Å². The van der Waals surface area contributed by atoms with Gasteiger partial charge < -0.3 is 10.2 Å². The summed E-state index contributed by atoms with van der Waals surface area (Å²) in [6.07, 6.45) is 4.60. The summed E-state index contributed by atoms with van der Waals surface area (Å²) in [5.74, 6) is 0. The van der Waals surface area contributed by atoms with Gasteiger partial charge in [-0.15, -0.1) is 0 Å². The molecule has 0 radical (unpaired) electrons. The molecular formula is C13H21N3. The summed E-state index contributed by atoms with van der Waals surface area (Å²) in [6, 6.07) is 4.15. The zero-order valence-electron chi connectivity index (χ0n) is 10.1. The van der Waals surface area contributed by atoms with E-state index in [2.05, 4.69) is 28.2 Å². The van der Waals surface area contributed by atoms with Crippen molar-refractivity contribution in [3.05, 3.63) is 29.6 Å². The van der Waals surface area contributed by atoms with Gasteiger partial charge in [-0.25, -0.2) is 0 Å². The number of likely N-dealkylation sites (tertiary alicyclic amines) is 1. The van der Waals surface area contributed by atoms with E-state index in [1.165, 1.54) is 38.0 Å². The molecule has 0 saturated carbocycles. The van der Waals surface area contributed by atoms with Gasteiger partial charge in [-0.2, -0.15) is 0 Å². The smallest absolute Gasteiger partial charge is 0.0417 e. The second-order valence-electron chi connectivity index (χ2n) is 4.47. The maximum absolute atomic E-state index is 4.28. The zero-order valence-corrected chi connectivity index (χ0v) is 10.1. The summed E-state index contributed by atoms with van der Waals surface area (Å²) < 4.78 is 0. The zero-order chi connectivity index (χ0) is 11.2. The Bertz CT molecular complexity index is 319. The molecule has 0 amide bonds. The van der Waals surface area contributed by atoms with E-state index in [-0.39, 0.29) is 0 Å². The highest BCUT2D eigenvalue weighted by molar-refractivity contribution is 5.17. The molecule has 3 nitrogen and oxygen atoms in total. The standard InChI is InChI=1S/C13H21N3/c1-12-13(5-4-6-15-12)11-14-7-10-16-8-2-3-9-16/h4-6,14H,2-3,7-11H2,1H3. The predicted molar refractivity (Wildman–Crippen MR) is 66.4 cm³/mol. The SMILES string of the molecule is Cc1ncccc1CNCCN1CCCC1. The average Bonchev–Trinajstić information content (AvgIpc) is 2.79. The van der Waals surface area contributed by atoms with Crippen molar-refractivity contribution in [2.24, 2.45) is 0 Å². The Morgan fingerprint density at radius 1 is 1.38 bits per heavy atom. The monoisotopic (exact) mass is 219 g/mol. The molecule has 2 rings (SSSR count). The molecule has 0 aromatic carbocycles. The first-order valence-corrected chi connectivity index (χ1v) is 6.20. The van der Waals surface area contributed by atoms with E-state index in [1.807, 2.05) is 12.3 Å². The fraction of sp³-hybridized carbons (Fsp3) is 0.615. The largest absolute Gasteiger partial charge is 0.311 e. The Balaban J connectivity index is 1.66. The van der Waals surface area contributed by atoms with Crippen LogP contribution in [0.4, 0.5) is 0 Å². The van der Waals surface area contributed by atoms with Gasteiger partial charge in [-0.05, 0) is 44.5 Å². The molecule has 1 saturated heterocycles. The molecular weight excluding hydrogens is 198 g/mol. The van der Waals surface area contributed by atoms with Crippen LogP contribution in [0.2, 0.25) is 0 Å². The van der Waals surface area contributed by atoms with E-state index in [1.54, 1.807) is 0 Å². The Hall–Kier alpha value is -0.930. The van der Waals surface area contributed by atoms with Crippen molar-refractivity contribution in [3.8, 4) is 0 Å². The summed E-state index contributed by atoms with van der Waals surface area (Å²) in [5, 5.41) is 3.49. The van der Waals surface area contributed by atoms with E-state index < -0.39 is 0 Å². The van der Waals surface area contributed by atoms with Crippen molar-refractivity contribution in [1.82, 2.24) is 15.2 Å². The molecule has 1 aliphatic rings. The topological polar surface area (TPSA) is 28.2 Å². The molecule has 88 valence electrons. The van der Waals surface area contributed by atoms with Gasteiger partial charge in [0, 0.05) is 31.5 Å². The molecule has 1 aromatic heterocycles. The molecule has 1 aromatic rings. The van der Waals surface area contributed by atoms with Gasteiger partial charge in [-0.3, -0.25) is 4.98 Å². The summed E-state index contributed by atoms with van der Waals surface area (Å²) in [7, 11) is 0. The Morgan fingerprint density at radius 3 is 2.94 bits per heavy atom. The summed E-state index contributed by atoms with van der Waals surface area (Å²) in [5.41, 5.74) is 2.44. The first-order valence-electron chi connectivity index (χ1n) is 6.20. The third kappa shape index (κ3) is 3.29. The molecule has 1 N–H and O–H groups in total. The lowest BCUT2D eigenvalue weighted by atomic mass is 10.2. The van der Waals surface area contributed by atoms with Crippen LogP contribution in [0.3, 0.4) is 0 Å². The van der Waals surface area contributed by atoms with Crippen LogP contribution in [0, 0.1) is 6.92 Å². The van der Waals surface area contributed by atoms with E-state index >= 15 is 0 Å². The molecule has 1 fully saturated rings. The minimum absolute atomic E-state index is 0.938. The van der Waals surface area contributed by atoms with Crippen molar-refractivity contribution < 1.29 is 0 Å². The third-order valence-corrected chi connectivity index (χ3v) is 3.24. The minimum atomic E-state index is 0.938. The van der Waals surface area contributed by atoms with Crippen LogP contribution in [0.15, 0.2) is 18.3 Å². The lowest BCUT2D eigenvalue weighted by Crippen LogP contribution is -2.29. The third-order valence-electron chi connectivity index (χ3n) is 3.24.